The van der Waals surface area contributed by atoms with Crippen molar-refractivity contribution in [3.63, 3.8) is 0 Å². The number of hydrogen-bond donors (Lipinski definition) is 2. The summed E-state index contributed by atoms with van der Waals surface area (Å²) in [6, 6.07) is 9.31. The summed E-state index contributed by atoms with van der Waals surface area (Å²) in [6.07, 6.45) is 0. The van der Waals surface area contributed by atoms with Gasteiger partial charge < -0.3 is 19.8 Å². The van der Waals surface area contributed by atoms with E-state index in [4.69, 9.17) is 9.15 Å². The van der Waals surface area contributed by atoms with Crippen LogP contribution in [0.25, 0.3) is 0 Å². The topological polar surface area (TPSA) is 63.5 Å². The smallest absolute Gasteiger partial charge is 0.250 e. The van der Waals surface area contributed by atoms with Crippen molar-refractivity contribution in [3.05, 3.63) is 45.2 Å². The van der Waals surface area contributed by atoms with Crippen molar-refractivity contribution < 1.29 is 13.9 Å². The third-order valence-electron chi connectivity index (χ3n) is 2.61. The van der Waals surface area contributed by atoms with Gasteiger partial charge >= 0.3 is 0 Å². The minimum Gasteiger partial charge on any atom is -0.451 e. The molecular weight excluding hydrogens is 404 g/mol. The van der Waals surface area contributed by atoms with E-state index in [1.165, 1.54) is 7.11 Å². The summed E-state index contributed by atoms with van der Waals surface area (Å²) >= 11 is 6.66. The van der Waals surface area contributed by atoms with Crippen LogP contribution in [0, 0.1) is 0 Å². The Bertz CT molecular complexity index is 592. The Kier molecular flexibility index (Phi) is 5.84. The predicted molar refractivity (Wildman–Crippen MR) is 88.4 cm³/mol. The zero-order valence-corrected chi connectivity index (χ0v) is 14.5. The summed E-state index contributed by atoms with van der Waals surface area (Å²) in [5.74, 6) is 0.634. The van der Waals surface area contributed by atoms with E-state index in [0.29, 0.717) is 11.2 Å². The lowest BCUT2D eigenvalue weighted by atomic mass is 10.2. The molecule has 0 aliphatic heterocycles. The standard InChI is InChI=1S/C14H14Br2N2O3/c1-20-8-13(19)18-10-4-2-9(3-5-10)17-7-11-6-12(15)14(16)21-11/h2-6,17H,7-8H2,1H3,(H,18,19). The molecule has 0 aliphatic rings. The van der Waals surface area contributed by atoms with Gasteiger partial charge in [-0.05, 0) is 62.2 Å². The molecule has 21 heavy (non-hydrogen) atoms. The third kappa shape index (κ3) is 4.87. The third-order valence-corrected chi connectivity index (χ3v) is 4.32. The van der Waals surface area contributed by atoms with Crippen molar-refractivity contribution in [1.82, 2.24) is 0 Å². The molecule has 1 aromatic heterocycles. The van der Waals surface area contributed by atoms with Crippen molar-refractivity contribution in [3.8, 4) is 0 Å². The molecule has 2 rings (SSSR count). The molecule has 1 aromatic carbocycles. The summed E-state index contributed by atoms with van der Waals surface area (Å²) in [5, 5.41) is 5.97. The minimum atomic E-state index is -0.177. The fourth-order valence-corrected chi connectivity index (χ4v) is 2.33. The van der Waals surface area contributed by atoms with E-state index in [9.17, 15) is 4.79 Å². The van der Waals surface area contributed by atoms with Crippen LogP contribution in [-0.4, -0.2) is 19.6 Å². The lowest BCUT2D eigenvalue weighted by Gasteiger charge is -2.07. The molecule has 0 saturated carbocycles. The molecule has 1 heterocycles. The molecule has 0 bridgehead atoms. The molecule has 0 spiro atoms. The van der Waals surface area contributed by atoms with E-state index in [0.717, 1.165) is 21.6 Å². The van der Waals surface area contributed by atoms with Gasteiger partial charge in [0.2, 0.25) is 5.91 Å². The van der Waals surface area contributed by atoms with E-state index in [-0.39, 0.29) is 12.5 Å². The van der Waals surface area contributed by atoms with Gasteiger partial charge in [-0.3, -0.25) is 4.79 Å². The maximum atomic E-state index is 11.4. The van der Waals surface area contributed by atoms with Crippen molar-refractivity contribution in [1.29, 1.82) is 0 Å². The molecule has 112 valence electrons. The Morgan fingerprint density at radius 1 is 1.24 bits per heavy atom. The fraction of sp³-hybridized carbons (Fsp3) is 0.214. The summed E-state index contributed by atoms with van der Waals surface area (Å²) in [4.78, 5) is 11.4. The maximum Gasteiger partial charge on any atom is 0.250 e. The Labute approximate surface area is 139 Å². The summed E-state index contributed by atoms with van der Waals surface area (Å²) in [6.45, 7) is 0.613. The van der Waals surface area contributed by atoms with Crippen molar-refractivity contribution in [2.24, 2.45) is 0 Å². The average molecular weight is 418 g/mol. The Balaban J connectivity index is 1.88. The number of methoxy groups -OCH3 is 1. The number of ether oxygens (including phenoxy) is 1. The quantitative estimate of drug-likeness (QED) is 0.745. The largest absolute Gasteiger partial charge is 0.451 e. The number of furan rings is 1. The zero-order valence-electron chi connectivity index (χ0n) is 11.3. The van der Waals surface area contributed by atoms with Gasteiger partial charge in [0.1, 0.15) is 12.4 Å². The highest BCUT2D eigenvalue weighted by atomic mass is 79.9. The van der Waals surface area contributed by atoms with Gasteiger partial charge in [0.05, 0.1) is 11.0 Å². The fourth-order valence-electron chi connectivity index (χ4n) is 1.67. The van der Waals surface area contributed by atoms with Crippen molar-refractivity contribution >= 4 is 49.1 Å². The number of anilines is 2. The van der Waals surface area contributed by atoms with Crippen molar-refractivity contribution in [2.75, 3.05) is 24.4 Å². The second-order valence-electron chi connectivity index (χ2n) is 4.25. The molecule has 1 amide bonds. The number of benzene rings is 1. The lowest BCUT2D eigenvalue weighted by molar-refractivity contribution is -0.119. The average Bonchev–Trinajstić information content (AvgIpc) is 2.77. The van der Waals surface area contributed by atoms with Gasteiger partial charge in [0.25, 0.3) is 0 Å². The molecule has 2 aromatic rings. The molecule has 0 unspecified atom stereocenters. The first-order chi connectivity index (χ1) is 10.1. The van der Waals surface area contributed by atoms with Crippen LogP contribution >= 0.6 is 31.9 Å². The van der Waals surface area contributed by atoms with Gasteiger partial charge in [-0.1, -0.05) is 0 Å². The normalized spacial score (nSPS) is 10.4. The monoisotopic (exact) mass is 416 g/mol. The van der Waals surface area contributed by atoms with Crippen molar-refractivity contribution in [2.45, 2.75) is 6.54 Å². The highest BCUT2D eigenvalue weighted by Crippen LogP contribution is 2.27. The van der Waals surface area contributed by atoms with Crippen LogP contribution in [0.3, 0.4) is 0 Å². The van der Waals surface area contributed by atoms with E-state index in [1.807, 2.05) is 30.3 Å². The summed E-state index contributed by atoms with van der Waals surface area (Å²) in [5.41, 5.74) is 1.66. The molecular formula is C14H14Br2N2O3. The van der Waals surface area contributed by atoms with E-state index in [2.05, 4.69) is 42.5 Å². The van der Waals surface area contributed by atoms with E-state index >= 15 is 0 Å². The SMILES string of the molecule is COCC(=O)Nc1ccc(NCc2cc(Br)c(Br)o2)cc1. The Hall–Kier alpha value is -1.31. The Morgan fingerprint density at radius 2 is 1.90 bits per heavy atom. The lowest BCUT2D eigenvalue weighted by Crippen LogP contribution is -2.16. The van der Waals surface area contributed by atoms with Crippen LogP contribution in [0.15, 0.2) is 43.9 Å². The highest BCUT2D eigenvalue weighted by Gasteiger charge is 2.06. The second kappa shape index (κ2) is 7.63. The first-order valence-electron chi connectivity index (χ1n) is 6.15. The van der Waals surface area contributed by atoms with Gasteiger partial charge in [0, 0.05) is 18.5 Å². The van der Waals surface area contributed by atoms with Gasteiger partial charge in [-0.2, -0.15) is 0 Å². The molecule has 0 aliphatic carbocycles. The van der Waals surface area contributed by atoms with Crippen LogP contribution < -0.4 is 10.6 Å². The van der Waals surface area contributed by atoms with Crippen LogP contribution in [-0.2, 0) is 16.1 Å². The number of hydrogen-bond acceptors (Lipinski definition) is 4. The number of halogens is 2. The second-order valence-corrected chi connectivity index (χ2v) is 5.82. The predicted octanol–water partition coefficient (Wildman–Crippen LogP) is 4.00. The van der Waals surface area contributed by atoms with Gasteiger partial charge in [-0.15, -0.1) is 0 Å². The van der Waals surface area contributed by atoms with Gasteiger partial charge in [0.15, 0.2) is 4.67 Å². The molecule has 0 fully saturated rings. The highest BCUT2D eigenvalue weighted by molar-refractivity contribution is 9.13. The van der Waals surface area contributed by atoms with Crippen LogP contribution in [0.2, 0.25) is 0 Å². The molecule has 7 heteroatoms. The van der Waals surface area contributed by atoms with E-state index < -0.39 is 0 Å². The minimum absolute atomic E-state index is 0.0439. The molecule has 0 atom stereocenters. The summed E-state index contributed by atoms with van der Waals surface area (Å²) < 4.78 is 11.8. The maximum absolute atomic E-state index is 11.4. The molecule has 5 nitrogen and oxygen atoms in total. The number of rotatable bonds is 6. The van der Waals surface area contributed by atoms with E-state index in [1.54, 1.807) is 0 Å². The Morgan fingerprint density at radius 3 is 2.48 bits per heavy atom. The van der Waals surface area contributed by atoms with Crippen LogP contribution in [0.4, 0.5) is 11.4 Å². The van der Waals surface area contributed by atoms with Crippen LogP contribution in [0.1, 0.15) is 5.76 Å². The number of carbonyl (C=O) groups is 1. The number of amides is 1. The van der Waals surface area contributed by atoms with Gasteiger partial charge in [-0.25, -0.2) is 0 Å². The molecule has 2 N–H and O–H groups in total. The van der Waals surface area contributed by atoms with Crippen LogP contribution in [0.5, 0.6) is 0 Å². The zero-order chi connectivity index (χ0) is 15.2. The first kappa shape index (κ1) is 16.1. The first-order valence-corrected chi connectivity index (χ1v) is 7.73. The molecule has 0 radical (unpaired) electrons. The number of carbonyl (C=O) groups excluding carboxylic acids is 1. The summed E-state index contributed by atoms with van der Waals surface area (Å²) in [7, 11) is 1.48. The number of nitrogens with one attached hydrogen (secondary N) is 2. The molecule has 0 saturated heterocycles.